The molecular weight excluding hydrogens is 292 g/mol. The molecule has 0 aliphatic rings. The highest BCUT2D eigenvalue weighted by atomic mass is 79.9. The fourth-order valence-corrected chi connectivity index (χ4v) is 2.22. The van der Waals surface area contributed by atoms with Crippen LogP contribution < -0.4 is 0 Å². The fraction of sp³-hybridized carbons (Fsp3) is 0.214. The van der Waals surface area contributed by atoms with Crippen molar-refractivity contribution in [2.75, 3.05) is 0 Å². The zero-order chi connectivity index (χ0) is 13.0. The van der Waals surface area contributed by atoms with Crippen LogP contribution in [0.5, 0.6) is 0 Å². The summed E-state index contributed by atoms with van der Waals surface area (Å²) in [6, 6.07) is 7.70. The molecule has 0 radical (unpaired) electrons. The summed E-state index contributed by atoms with van der Waals surface area (Å²) in [4.78, 5) is 3.99. The standard InChI is InChI=1S/C14H15BrN2O/c1-2-7-14(18,10-17-9-8-16-11-17)12-3-5-13(15)6-4-12/h2-6,8-9,11,18H,1,7,10H2. The van der Waals surface area contributed by atoms with E-state index in [2.05, 4.69) is 27.5 Å². The van der Waals surface area contributed by atoms with Gasteiger partial charge in [-0.2, -0.15) is 0 Å². The summed E-state index contributed by atoms with van der Waals surface area (Å²) in [7, 11) is 0. The third-order valence-electron chi connectivity index (χ3n) is 2.87. The highest BCUT2D eigenvalue weighted by Crippen LogP contribution is 2.28. The third kappa shape index (κ3) is 2.89. The minimum atomic E-state index is -0.955. The minimum Gasteiger partial charge on any atom is -0.383 e. The first-order chi connectivity index (χ1) is 8.64. The van der Waals surface area contributed by atoms with Crippen molar-refractivity contribution in [1.29, 1.82) is 0 Å². The number of aromatic nitrogens is 2. The van der Waals surface area contributed by atoms with Gasteiger partial charge in [-0.1, -0.05) is 34.1 Å². The molecule has 1 unspecified atom stereocenters. The minimum absolute atomic E-state index is 0.459. The summed E-state index contributed by atoms with van der Waals surface area (Å²) in [5, 5.41) is 10.8. The quantitative estimate of drug-likeness (QED) is 0.862. The van der Waals surface area contributed by atoms with Crippen molar-refractivity contribution in [2.24, 2.45) is 0 Å². The molecule has 0 amide bonds. The molecule has 0 spiro atoms. The van der Waals surface area contributed by atoms with Crippen molar-refractivity contribution in [3.05, 3.63) is 65.7 Å². The SMILES string of the molecule is C=CCC(O)(Cn1ccnc1)c1ccc(Br)cc1. The zero-order valence-electron chi connectivity index (χ0n) is 9.96. The van der Waals surface area contributed by atoms with Gasteiger partial charge in [0, 0.05) is 16.9 Å². The molecule has 1 aromatic heterocycles. The van der Waals surface area contributed by atoms with Gasteiger partial charge in [-0.15, -0.1) is 6.58 Å². The Morgan fingerprint density at radius 1 is 1.39 bits per heavy atom. The van der Waals surface area contributed by atoms with E-state index in [1.807, 2.05) is 35.0 Å². The first-order valence-corrected chi connectivity index (χ1v) is 6.48. The van der Waals surface area contributed by atoms with Gasteiger partial charge in [0.2, 0.25) is 0 Å². The van der Waals surface area contributed by atoms with Gasteiger partial charge in [-0.3, -0.25) is 0 Å². The monoisotopic (exact) mass is 306 g/mol. The molecule has 94 valence electrons. The number of halogens is 1. The van der Waals surface area contributed by atoms with Crippen LogP contribution in [0.1, 0.15) is 12.0 Å². The van der Waals surface area contributed by atoms with E-state index in [0.29, 0.717) is 13.0 Å². The van der Waals surface area contributed by atoms with Gasteiger partial charge in [0.15, 0.2) is 0 Å². The fourth-order valence-electron chi connectivity index (χ4n) is 1.95. The van der Waals surface area contributed by atoms with E-state index < -0.39 is 5.60 Å². The molecule has 4 heteroatoms. The summed E-state index contributed by atoms with van der Waals surface area (Å²) < 4.78 is 2.86. The molecule has 0 aliphatic carbocycles. The second-order valence-electron chi connectivity index (χ2n) is 4.27. The molecule has 1 N–H and O–H groups in total. The van der Waals surface area contributed by atoms with Crippen molar-refractivity contribution in [3.8, 4) is 0 Å². The van der Waals surface area contributed by atoms with Crippen LogP contribution in [0, 0.1) is 0 Å². The Balaban J connectivity index is 2.30. The van der Waals surface area contributed by atoms with Crippen LogP contribution in [0.25, 0.3) is 0 Å². The van der Waals surface area contributed by atoms with E-state index in [1.165, 1.54) is 0 Å². The Morgan fingerprint density at radius 3 is 2.67 bits per heavy atom. The Labute approximate surface area is 115 Å². The number of hydrogen-bond acceptors (Lipinski definition) is 2. The number of benzene rings is 1. The highest BCUT2D eigenvalue weighted by molar-refractivity contribution is 9.10. The summed E-state index contributed by atoms with van der Waals surface area (Å²) in [5.41, 5.74) is -0.0809. The van der Waals surface area contributed by atoms with Crippen LogP contribution >= 0.6 is 15.9 Å². The predicted molar refractivity (Wildman–Crippen MR) is 75.1 cm³/mol. The van der Waals surface area contributed by atoms with Gasteiger partial charge in [-0.05, 0) is 24.1 Å². The van der Waals surface area contributed by atoms with E-state index in [-0.39, 0.29) is 0 Å². The van der Waals surface area contributed by atoms with Gasteiger partial charge in [0.25, 0.3) is 0 Å². The maximum Gasteiger partial charge on any atom is 0.111 e. The lowest BCUT2D eigenvalue weighted by Gasteiger charge is -2.28. The Bertz CT molecular complexity index is 507. The van der Waals surface area contributed by atoms with Crippen LogP contribution in [0.2, 0.25) is 0 Å². The van der Waals surface area contributed by atoms with E-state index in [0.717, 1.165) is 10.0 Å². The maximum absolute atomic E-state index is 10.8. The molecule has 0 aliphatic heterocycles. The van der Waals surface area contributed by atoms with E-state index >= 15 is 0 Å². The molecule has 0 bridgehead atoms. The van der Waals surface area contributed by atoms with Crippen molar-refractivity contribution in [2.45, 2.75) is 18.6 Å². The lowest BCUT2D eigenvalue weighted by Crippen LogP contribution is -2.30. The summed E-state index contributed by atoms with van der Waals surface area (Å²) in [6.07, 6.45) is 7.47. The Hall–Kier alpha value is -1.39. The lowest BCUT2D eigenvalue weighted by atomic mass is 9.90. The van der Waals surface area contributed by atoms with Crippen LogP contribution in [0.15, 0.2) is 60.1 Å². The Kier molecular flexibility index (Phi) is 3.99. The zero-order valence-corrected chi connectivity index (χ0v) is 11.5. The average molecular weight is 307 g/mol. The van der Waals surface area contributed by atoms with Gasteiger partial charge < -0.3 is 9.67 Å². The number of imidazole rings is 1. The van der Waals surface area contributed by atoms with E-state index in [4.69, 9.17) is 0 Å². The van der Waals surface area contributed by atoms with Gasteiger partial charge >= 0.3 is 0 Å². The number of nitrogens with zero attached hydrogens (tertiary/aromatic N) is 2. The van der Waals surface area contributed by atoms with Gasteiger partial charge in [-0.25, -0.2) is 4.98 Å². The largest absolute Gasteiger partial charge is 0.383 e. The van der Waals surface area contributed by atoms with E-state index in [1.54, 1.807) is 18.6 Å². The first kappa shape index (κ1) is 13.1. The molecule has 0 fully saturated rings. The molecule has 1 atom stereocenters. The normalized spacial score (nSPS) is 14.1. The molecule has 1 aromatic carbocycles. The molecule has 2 aromatic rings. The van der Waals surface area contributed by atoms with Gasteiger partial charge in [0.05, 0.1) is 12.9 Å². The molecule has 1 heterocycles. The smallest absolute Gasteiger partial charge is 0.111 e. The lowest BCUT2D eigenvalue weighted by molar-refractivity contribution is 0.0213. The van der Waals surface area contributed by atoms with Crippen LogP contribution in [-0.4, -0.2) is 14.7 Å². The van der Waals surface area contributed by atoms with E-state index in [9.17, 15) is 5.11 Å². The van der Waals surface area contributed by atoms with Crippen molar-refractivity contribution in [3.63, 3.8) is 0 Å². The van der Waals surface area contributed by atoms with Crippen LogP contribution in [0.4, 0.5) is 0 Å². The van der Waals surface area contributed by atoms with Crippen LogP contribution in [-0.2, 0) is 12.1 Å². The average Bonchev–Trinajstić information content (AvgIpc) is 2.82. The summed E-state index contributed by atoms with van der Waals surface area (Å²) in [5.74, 6) is 0. The number of rotatable bonds is 5. The number of hydrogen-bond donors (Lipinski definition) is 1. The highest BCUT2D eigenvalue weighted by Gasteiger charge is 2.28. The topological polar surface area (TPSA) is 38.0 Å². The summed E-state index contributed by atoms with van der Waals surface area (Å²) in [6.45, 7) is 4.18. The molecule has 0 saturated carbocycles. The van der Waals surface area contributed by atoms with Crippen molar-refractivity contribution < 1.29 is 5.11 Å². The molecule has 0 saturated heterocycles. The first-order valence-electron chi connectivity index (χ1n) is 5.69. The molecule has 2 rings (SSSR count). The Morgan fingerprint density at radius 2 is 2.11 bits per heavy atom. The van der Waals surface area contributed by atoms with Crippen LogP contribution in [0.3, 0.4) is 0 Å². The molecule has 18 heavy (non-hydrogen) atoms. The third-order valence-corrected chi connectivity index (χ3v) is 3.40. The van der Waals surface area contributed by atoms with Gasteiger partial charge in [0.1, 0.15) is 5.60 Å². The second kappa shape index (κ2) is 5.50. The van der Waals surface area contributed by atoms with Crippen molar-refractivity contribution >= 4 is 15.9 Å². The maximum atomic E-state index is 10.8. The van der Waals surface area contributed by atoms with Crippen molar-refractivity contribution in [1.82, 2.24) is 9.55 Å². The molecule has 3 nitrogen and oxygen atoms in total. The predicted octanol–water partition coefficient (Wildman–Crippen LogP) is 3.11. The molecular formula is C14H15BrN2O. The number of aliphatic hydroxyl groups is 1. The summed E-state index contributed by atoms with van der Waals surface area (Å²) >= 11 is 3.39. The second-order valence-corrected chi connectivity index (χ2v) is 5.18.